The minimum atomic E-state index is -4.15. The highest BCUT2D eigenvalue weighted by Gasteiger charge is 2.28. The summed E-state index contributed by atoms with van der Waals surface area (Å²) in [5.74, 6) is 0. The number of alkyl halides is 3. The Labute approximate surface area is 96.6 Å². The highest BCUT2D eigenvalue weighted by Crippen LogP contribution is 2.29. The molecule has 5 heteroatoms. The van der Waals surface area contributed by atoms with E-state index in [0.29, 0.717) is 0 Å². The highest BCUT2D eigenvalue weighted by molar-refractivity contribution is 5.83. The van der Waals surface area contributed by atoms with Gasteiger partial charge >= 0.3 is 6.18 Å². The predicted molar refractivity (Wildman–Crippen MR) is 60.5 cm³/mol. The van der Waals surface area contributed by atoms with Crippen molar-refractivity contribution >= 4 is 10.9 Å². The molecular weight excluding hydrogens is 229 g/mol. The van der Waals surface area contributed by atoms with E-state index in [1.54, 1.807) is 18.3 Å². The molecule has 1 aromatic carbocycles. The first-order valence-electron chi connectivity index (χ1n) is 5.36. The summed E-state index contributed by atoms with van der Waals surface area (Å²) < 4.78 is 36.4. The van der Waals surface area contributed by atoms with E-state index in [1.807, 2.05) is 12.1 Å². The Morgan fingerprint density at radius 3 is 2.71 bits per heavy atom. The second-order valence-electron chi connectivity index (χ2n) is 4.05. The average molecular weight is 242 g/mol. The second kappa shape index (κ2) is 4.41. The summed E-state index contributed by atoms with van der Waals surface area (Å²) in [5, 5.41) is 0.891. The maximum Gasteiger partial charge on any atom is 0.389 e. The molecule has 3 N–H and O–H groups in total. The number of aromatic nitrogens is 1. The summed E-state index contributed by atoms with van der Waals surface area (Å²) in [4.78, 5) is 3.01. The van der Waals surface area contributed by atoms with Crippen molar-refractivity contribution in [2.24, 2.45) is 5.73 Å². The van der Waals surface area contributed by atoms with Crippen LogP contribution in [0.15, 0.2) is 30.5 Å². The molecule has 0 bridgehead atoms. The van der Waals surface area contributed by atoms with E-state index >= 15 is 0 Å². The Bertz CT molecular complexity index is 502. The minimum absolute atomic E-state index is 0.0895. The third-order valence-electron chi connectivity index (χ3n) is 2.77. The van der Waals surface area contributed by atoms with Crippen molar-refractivity contribution in [3.63, 3.8) is 0 Å². The molecule has 2 rings (SSSR count). The van der Waals surface area contributed by atoms with Gasteiger partial charge in [0.05, 0.1) is 0 Å². The SMILES string of the molecule is N[C@@H](CCC(F)(F)F)c1cccc2[nH]ccc12. The first-order valence-corrected chi connectivity index (χ1v) is 5.36. The van der Waals surface area contributed by atoms with Gasteiger partial charge in [0.15, 0.2) is 0 Å². The molecule has 1 atom stereocenters. The molecular formula is C12H13F3N2. The van der Waals surface area contributed by atoms with Gasteiger partial charge in [0, 0.05) is 29.6 Å². The van der Waals surface area contributed by atoms with E-state index in [1.165, 1.54) is 0 Å². The molecule has 1 heterocycles. The van der Waals surface area contributed by atoms with Crippen molar-refractivity contribution in [3.05, 3.63) is 36.0 Å². The molecule has 2 nitrogen and oxygen atoms in total. The van der Waals surface area contributed by atoms with Crippen molar-refractivity contribution in [2.45, 2.75) is 25.1 Å². The Morgan fingerprint density at radius 2 is 2.00 bits per heavy atom. The van der Waals surface area contributed by atoms with Crippen LogP contribution in [0, 0.1) is 0 Å². The number of nitrogens with one attached hydrogen (secondary N) is 1. The van der Waals surface area contributed by atoms with Crippen LogP contribution in [0.2, 0.25) is 0 Å². The normalized spacial score (nSPS) is 14.1. The third kappa shape index (κ3) is 2.79. The summed E-state index contributed by atoms with van der Waals surface area (Å²) in [6, 6.07) is 6.68. The van der Waals surface area contributed by atoms with E-state index < -0.39 is 18.6 Å². The smallest absolute Gasteiger partial charge is 0.361 e. The molecule has 0 saturated carbocycles. The number of hydrogen-bond acceptors (Lipinski definition) is 1. The fourth-order valence-corrected chi connectivity index (χ4v) is 1.91. The van der Waals surface area contributed by atoms with Crippen LogP contribution in [-0.2, 0) is 0 Å². The Morgan fingerprint density at radius 1 is 1.24 bits per heavy atom. The molecule has 0 aliphatic carbocycles. The van der Waals surface area contributed by atoms with E-state index in [9.17, 15) is 13.2 Å². The molecule has 0 aliphatic rings. The molecule has 1 aromatic heterocycles. The van der Waals surface area contributed by atoms with Crippen molar-refractivity contribution in [3.8, 4) is 0 Å². The quantitative estimate of drug-likeness (QED) is 0.849. The van der Waals surface area contributed by atoms with Gasteiger partial charge < -0.3 is 10.7 Å². The number of rotatable bonds is 3. The van der Waals surface area contributed by atoms with E-state index in [2.05, 4.69) is 4.98 Å². The zero-order chi connectivity index (χ0) is 12.5. The highest BCUT2D eigenvalue weighted by atomic mass is 19.4. The third-order valence-corrected chi connectivity index (χ3v) is 2.77. The minimum Gasteiger partial charge on any atom is -0.361 e. The van der Waals surface area contributed by atoms with Gasteiger partial charge in [-0.2, -0.15) is 13.2 Å². The van der Waals surface area contributed by atoms with Crippen molar-refractivity contribution in [1.82, 2.24) is 4.98 Å². The summed E-state index contributed by atoms with van der Waals surface area (Å²) in [6.45, 7) is 0. The van der Waals surface area contributed by atoms with Crippen LogP contribution >= 0.6 is 0 Å². The van der Waals surface area contributed by atoms with Crippen LogP contribution in [0.3, 0.4) is 0 Å². The first kappa shape index (κ1) is 12.0. The summed E-state index contributed by atoms with van der Waals surface area (Å²) in [5.41, 5.74) is 7.46. The fourth-order valence-electron chi connectivity index (χ4n) is 1.91. The topological polar surface area (TPSA) is 41.8 Å². The standard InChI is InChI=1S/C12H13F3N2/c13-12(14,15)6-4-10(16)8-2-1-3-11-9(8)5-7-17-11/h1-3,5,7,10,17H,4,6,16H2/t10-/m0/s1. The van der Waals surface area contributed by atoms with Gasteiger partial charge in [-0.25, -0.2) is 0 Å². The van der Waals surface area contributed by atoms with Crippen LogP contribution in [-0.4, -0.2) is 11.2 Å². The molecule has 0 saturated heterocycles. The van der Waals surface area contributed by atoms with Gasteiger partial charge in [0.25, 0.3) is 0 Å². The summed E-state index contributed by atoms with van der Waals surface area (Å²) >= 11 is 0. The van der Waals surface area contributed by atoms with Crippen molar-refractivity contribution in [1.29, 1.82) is 0 Å². The zero-order valence-corrected chi connectivity index (χ0v) is 9.09. The largest absolute Gasteiger partial charge is 0.389 e. The number of H-pyrrole nitrogens is 1. The van der Waals surface area contributed by atoms with Crippen LogP contribution in [0.1, 0.15) is 24.4 Å². The Hall–Kier alpha value is -1.49. The molecule has 2 aromatic rings. The van der Waals surface area contributed by atoms with E-state index in [0.717, 1.165) is 16.5 Å². The van der Waals surface area contributed by atoms with Gasteiger partial charge in [-0.15, -0.1) is 0 Å². The number of halogens is 3. The maximum absolute atomic E-state index is 12.1. The number of fused-ring (bicyclic) bond motifs is 1. The number of hydrogen-bond donors (Lipinski definition) is 2. The molecule has 0 spiro atoms. The number of nitrogens with two attached hydrogens (primary N) is 1. The van der Waals surface area contributed by atoms with Crippen LogP contribution in [0.25, 0.3) is 10.9 Å². The lowest BCUT2D eigenvalue weighted by molar-refractivity contribution is -0.136. The lowest BCUT2D eigenvalue weighted by Crippen LogP contribution is -2.15. The molecule has 92 valence electrons. The van der Waals surface area contributed by atoms with E-state index in [4.69, 9.17) is 5.73 Å². The molecule has 17 heavy (non-hydrogen) atoms. The van der Waals surface area contributed by atoms with Crippen LogP contribution < -0.4 is 5.73 Å². The van der Waals surface area contributed by atoms with Crippen molar-refractivity contribution in [2.75, 3.05) is 0 Å². The second-order valence-corrected chi connectivity index (χ2v) is 4.05. The zero-order valence-electron chi connectivity index (χ0n) is 9.09. The van der Waals surface area contributed by atoms with Gasteiger partial charge in [0.2, 0.25) is 0 Å². The molecule has 0 amide bonds. The number of aromatic amines is 1. The molecule has 0 aliphatic heterocycles. The molecule has 0 fully saturated rings. The fraction of sp³-hybridized carbons (Fsp3) is 0.333. The van der Waals surface area contributed by atoms with Gasteiger partial charge in [0.1, 0.15) is 0 Å². The summed E-state index contributed by atoms with van der Waals surface area (Å²) in [7, 11) is 0. The Kier molecular flexibility index (Phi) is 3.11. The van der Waals surface area contributed by atoms with Gasteiger partial charge in [-0.1, -0.05) is 12.1 Å². The average Bonchev–Trinajstić information content (AvgIpc) is 2.72. The lowest BCUT2D eigenvalue weighted by atomic mass is 9.99. The van der Waals surface area contributed by atoms with Crippen LogP contribution in [0.5, 0.6) is 0 Å². The van der Waals surface area contributed by atoms with Crippen molar-refractivity contribution < 1.29 is 13.2 Å². The van der Waals surface area contributed by atoms with Gasteiger partial charge in [-0.05, 0) is 24.1 Å². The first-order chi connectivity index (χ1) is 7.97. The Balaban J connectivity index is 2.19. The molecule has 0 unspecified atom stereocenters. The predicted octanol–water partition coefficient (Wildman–Crippen LogP) is 3.51. The van der Waals surface area contributed by atoms with Crippen LogP contribution in [0.4, 0.5) is 13.2 Å². The van der Waals surface area contributed by atoms with Gasteiger partial charge in [-0.3, -0.25) is 0 Å². The maximum atomic E-state index is 12.1. The lowest BCUT2D eigenvalue weighted by Gasteiger charge is -2.14. The monoisotopic (exact) mass is 242 g/mol. The molecule has 0 radical (unpaired) electrons. The number of benzene rings is 1. The summed E-state index contributed by atoms with van der Waals surface area (Å²) in [6.07, 6.45) is -3.34. The van der Waals surface area contributed by atoms with E-state index in [-0.39, 0.29) is 6.42 Å².